The zero-order valence-electron chi connectivity index (χ0n) is 10.8. The number of rotatable bonds is 5. The Labute approximate surface area is 103 Å². The van der Waals surface area contributed by atoms with Crippen molar-refractivity contribution in [3.05, 3.63) is 29.8 Å². The van der Waals surface area contributed by atoms with Gasteiger partial charge in [0.25, 0.3) is 0 Å². The molecule has 0 atom stereocenters. The SMILES string of the molecule is CC(C)(C)c1ccccc1OCCCC(N)=O. The van der Waals surface area contributed by atoms with E-state index >= 15 is 0 Å². The van der Waals surface area contributed by atoms with Crippen molar-refractivity contribution in [1.29, 1.82) is 0 Å². The molecule has 1 aromatic carbocycles. The van der Waals surface area contributed by atoms with Crippen LogP contribution in [0.15, 0.2) is 24.3 Å². The average molecular weight is 235 g/mol. The molecule has 0 saturated heterocycles. The van der Waals surface area contributed by atoms with Crippen LogP contribution in [0.25, 0.3) is 0 Å². The van der Waals surface area contributed by atoms with Crippen molar-refractivity contribution < 1.29 is 9.53 Å². The van der Waals surface area contributed by atoms with Crippen LogP contribution in [-0.2, 0) is 10.2 Å². The zero-order chi connectivity index (χ0) is 12.9. The number of carbonyl (C=O) groups excluding carboxylic acids is 1. The van der Waals surface area contributed by atoms with Gasteiger partial charge in [-0.25, -0.2) is 0 Å². The van der Waals surface area contributed by atoms with E-state index in [0.717, 1.165) is 5.75 Å². The summed E-state index contributed by atoms with van der Waals surface area (Å²) in [6, 6.07) is 8.00. The van der Waals surface area contributed by atoms with E-state index in [-0.39, 0.29) is 11.3 Å². The summed E-state index contributed by atoms with van der Waals surface area (Å²) in [5.74, 6) is 0.613. The molecule has 0 fully saturated rings. The third-order valence-corrected chi connectivity index (χ3v) is 2.52. The van der Waals surface area contributed by atoms with Crippen LogP contribution in [0.4, 0.5) is 0 Å². The lowest BCUT2D eigenvalue weighted by Gasteiger charge is -2.22. The van der Waals surface area contributed by atoms with E-state index in [1.54, 1.807) is 0 Å². The van der Waals surface area contributed by atoms with Crippen molar-refractivity contribution in [2.75, 3.05) is 6.61 Å². The lowest BCUT2D eigenvalue weighted by atomic mass is 9.86. The number of primary amides is 1. The quantitative estimate of drug-likeness (QED) is 0.798. The number of hydrogen-bond donors (Lipinski definition) is 1. The Morgan fingerprint density at radius 3 is 2.53 bits per heavy atom. The molecule has 1 amide bonds. The summed E-state index contributed by atoms with van der Waals surface area (Å²) in [7, 11) is 0. The molecule has 0 radical (unpaired) electrons. The molecular weight excluding hydrogens is 214 g/mol. The fraction of sp³-hybridized carbons (Fsp3) is 0.500. The number of nitrogens with two attached hydrogens (primary N) is 1. The Bertz CT molecular complexity index is 380. The van der Waals surface area contributed by atoms with Gasteiger partial charge in [-0.15, -0.1) is 0 Å². The molecular formula is C14H21NO2. The van der Waals surface area contributed by atoms with Gasteiger partial charge in [-0.2, -0.15) is 0 Å². The van der Waals surface area contributed by atoms with Gasteiger partial charge in [-0.1, -0.05) is 39.0 Å². The van der Waals surface area contributed by atoms with Gasteiger partial charge in [-0.05, 0) is 23.5 Å². The fourth-order valence-corrected chi connectivity index (χ4v) is 1.64. The molecule has 0 aliphatic heterocycles. The number of hydrogen-bond acceptors (Lipinski definition) is 2. The van der Waals surface area contributed by atoms with E-state index in [9.17, 15) is 4.79 Å². The molecule has 3 nitrogen and oxygen atoms in total. The van der Waals surface area contributed by atoms with Crippen LogP contribution in [0, 0.1) is 0 Å². The van der Waals surface area contributed by atoms with Gasteiger partial charge in [-0.3, -0.25) is 4.79 Å². The summed E-state index contributed by atoms with van der Waals surface area (Å²) < 4.78 is 5.71. The first-order valence-electron chi connectivity index (χ1n) is 5.92. The van der Waals surface area contributed by atoms with Gasteiger partial charge < -0.3 is 10.5 Å². The molecule has 94 valence electrons. The summed E-state index contributed by atoms with van der Waals surface area (Å²) in [5.41, 5.74) is 6.31. The Kier molecular flexibility index (Phi) is 4.55. The molecule has 0 heterocycles. The van der Waals surface area contributed by atoms with Crippen LogP contribution in [0.3, 0.4) is 0 Å². The van der Waals surface area contributed by atoms with Crippen LogP contribution in [0.5, 0.6) is 5.75 Å². The minimum Gasteiger partial charge on any atom is -0.493 e. The highest BCUT2D eigenvalue weighted by Gasteiger charge is 2.18. The van der Waals surface area contributed by atoms with Crippen LogP contribution in [0.2, 0.25) is 0 Å². The maximum atomic E-state index is 10.6. The van der Waals surface area contributed by atoms with E-state index in [1.807, 2.05) is 18.2 Å². The molecule has 0 unspecified atom stereocenters. The normalized spacial score (nSPS) is 11.2. The molecule has 17 heavy (non-hydrogen) atoms. The molecule has 0 aliphatic rings. The Hall–Kier alpha value is -1.51. The third-order valence-electron chi connectivity index (χ3n) is 2.52. The predicted molar refractivity (Wildman–Crippen MR) is 69.1 cm³/mol. The number of carbonyl (C=O) groups is 1. The van der Waals surface area contributed by atoms with Gasteiger partial charge in [0.05, 0.1) is 6.61 Å². The highest BCUT2D eigenvalue weighted by atomic mass is 16.5. The van der Waals surface area contributed by atoms with Crippen LogP contribution < -0.4 is 10.5 Å². The smallest absolute Gasteiger partial charge is 0.217 e. The first-order chi connectivity index (χ1) is 7.91. The van der Waals surface area contributed by atoms with Crippen molar-refractivity contribution in [2.45, 2.75) is 39.0 Å². The number of amides is 1. The van der Waals surface area contributed by atoms with Crippen LogP contribution in [-0.4, -0.2) is 12.5 Å². The van der Waals surface area contributed by atoms with E-state index in [0.29, 0.717) is 19.4 Å². The van der Waals surface area contributed by atoms with Gasteiger partial charge >= 0.3 is 0 Å². The summed E-state index contributed by atoms with van der Waals surface area (Å²) in [6.45, 7) is 6.98. The second kappa shape index (κ2) is 5.71. The van der Waals surface area contributed by atoms with Crippen molar-refractivity contribution >= 4 is 5.91 Å². The lowest BCUT2D eigenvalue weighted by Crippen LogP contribution is -2.15. The van der Waals surface area contributed by atoms with E-state index in [4.69, 9.17) is 10.5 Å². The average Bonchev–Trinajstić information content (AvgIpc) is 2.23. The van der Waals surface area contributed by atoms with Crippen LogP contribution in [0.1, 0.15) is 39.2 Å². The molecule has 1 aromatic rings. The fourth-order valence-electron chi connectivity index (χ4n) is 1.64. The predicted octanol–water partition coefficient (Wildman–Crippen LogP) is 2.63. The highest BCUT2D eigenvalue weighted by Crippen LogP contribution is 2.30. The van der Waals surface area contributed by atoms with Gasteiger partial charge in [0.1, 0.15) is 5.75 Å². The number of para-hydroxylation sites is 1. The number of benzene rings is 1. The Morgan fingerprint density at radius 1 is 1.29 bits per heavy atom. The van der Waals surface area contributed by atoms with Gasteiger partial charge in [0, 0.05) is 6.42 Å². The topological polar surface area (TPSA) is 52.3 Å². The van der Waals surface area contributed by atoms with Crippen LogP contribution >= 0.6 is 0 Å². The summed E-state index contributed by atoms with van der Waals surface area (Å²) in [6.07, 6.45) is 1.03. The first-order valence-corrected chi connectivity index (χ1v) is 5.92. The molecule has 1 rings (SSSR count). The zero-order valence-corrected chi connectivity index (χ0v) is 10.8. The van der Waals surface area contributed by atoms with E-state index < -0.39 is 0 Å². The Morgan fingerprint density at radius 2 is 1.94 bits per heavy atom. The molecule has 0 spiro atoms. The summed E-state index contributed by atoms with van der Waals surface area (Å²) in [5, 5.41) is 0. The number of ether oxygens (including phenoxy) is 1. The maximum absolute atomic E-state index is 10.6. The second-order valence-electron chi connectivity index (χ2n) is 5.16. The molecule has 0 bridgehead atoms. The van der Waals surface area contributed by atoms with Crippen molar-refractivity contribution in [3.8, 4) is 5.75 Å². The monoisotopic (exact) mass is 235 g/mol. The largest absolute Gasteiger partial charge is 0.493 e. The molecule has 2 N–H and O–H groups in total. The highest BCUT2D eigenvalue weighted by molar-refractivity contribution is 5.73. The Balaban J connectivity index is 2.62. The summed E-state index contributed by atoms with van der Waals surface area (Å²) in [4.78, 5) is 10.6. The molecule has 0 saturated carbocycles. The molecule has 0 aliphatic carbocycles. The van der Waals surface area contributed by atoms with Gasteiger partial charge in [0.15, 0.2) is 0 Å². The van der Waals surface area contributed by atoms with Crippen molar-refractivity contribution in [1.82, 2.24) is 0 Å². The first kappa shape index (κ1) is 13.6. The third kappa shape index (κ3) is 4.47. The van der Waals surface area contributed by atoms with E-state index in [2.05, 4.69) is 26.8 Å². The maximum Gasteiger partial charge on any atom is 0.217 e. The second-order valence-corrected chi connectivity index (χ2v) is 5.16. The van der Waals surface area contributed by atoms with Crippen molar-refractivity contribution in [3.63, 3.8) is 0 Å². The van der Waals surface area contributed by atoms with Gasteiger partial charge in [0.2, 0.25) is 5.91 Å². The lowest BCUT2D eigenvalue weighted by molar-refractivity contribution is -0.118. The molecule has 0 aromatic heterocycles. The minimum atomic E-state index is -0.280. The molecule has 3 heteroatoms. The van der Waals surface area contributed by atoms with Crippen molar-refractivity contribution in [2.24, 2.45) is 5.73 Å². The minimum absolute atomic E-state index is 0.0558. The standard InChI is InChI=1S/C14H21NO2/c1-14(2,3)11-7-4-5-8-12(11)17-10-6-9-13(15)16/h4-5,7-8H,6,9-10H2,1-3H3,(H2,15,16). The van der Waals surface area contributed by atoms with E-state index in [1.165, 1.54) is 5.56 Å². The summed E-state index contributed by atoms with van der Waals surface area (Å²) >= 11 is 0.